The number of nitrogens with one attached hydrogen (secondary N) is 1. The zero-order valence-electron chi connectivity index (χ0n) is 16.6. The van der Waals surface area contributed by atoms with E-state index in [1.807, 2.05) is 10.7 Å². The van der Waals surface area contributed by atoms with Crippen LogP contribution in [0.25, 0.3) is 0 Å². The number of nitrogens with two attached hydrogens (primary N) is 1. The largest absolute Gasteiger partial charge is 0.330 e. The first-order valence-corrected chi connectivity index (χ1v) is 9.71. The highest BCUT2D eigenvalue weighted by Crippen LogP contribution is 2.28. The van der Waals surface area contributed by atoms with Gasteiger partial charge in [0.15, 0.2) is 0 Å². The second kappa shape index (κ2) is 8.23. The van der Waals surface area contributed by atoms with E-state index < -0.39 is 0 Å². The van der Waals surface area contributed by atoms with E-state index in [1.165, 1.54) is 5.56 Å². The van der Waals surface area contributed by atoms with Crippen molar-refractivity contribution in [3.05, 3.63) is 47.7 Å². The maximum absolute atomic E-state index is 12.5. The highest BCUT2D eigenvalue weighted by atomic mass is 16.2. The summed E-state index contributed by atoms with van der Waals surface area (Å²) in [6, 6.07) is 10.4. The molecule has 6 heteroatoms. The third-order valence-corrected chi connectivity index (χ3v) is 5.46. The van der Waals surface area contributed by atoms with Crippen molar-refractivity contribution >= 4 is 11.7 Å². The summed E-state index contributed by atoms with van der Waals surface area (Å²) in [5.74, 6) is 1.24. The molecule has 0 spiro atoms. The van der Waals surface area contributed by atoms with E-state index in [-0.39, 0.29) is 11.3 Å². The van der Waals surface area contributed by atoms with Crippen molar-refractivity contribution in [2.75, 3.05) is 31.5 Å². The second-order valence-corrected chi connectivity index (χ2v) is 8.29. The quantitative estimate of drug-likeness (QED) is 0.787. The van der Waals surface area contributed by atoms with Crippen LogP contribution in [0.3, 0.4) is 0 Å². The number of benzene rings is 1. The minimum Gasteiger partial charge on any atom is -0.330 e. The number of carbonyl (C=O) groups is 1. The maximum Gasteiger partial charge on any atom is 0.239 e. The molecule has 2 heterocycles. The Hall–Kier alpha value is -2.18. The van der Waals surface area contributed by atoms with Gasteiger partial charge in [0, 0.05) is 12.6 Å². The number of aromatic nitrogens is 2. The third-order valence-electron chi connectivity index (χ3n) is 5.46. The van der Waals surface area contributed by atoms with Gasteiger partial charge >= 0.3 is 0 Å². The van der Waals surface area contributed by atoms with Gasteiger partial charge in [0.1, 0.15) is 5.82 Å². The molecule has 6 nitrogen and oxygen atoms in total. The van der Waals surface area contributed by atoms with E-state index in [0.717, 1.165) is 30.9 Å². The number of nitrogens with zero attached hydrogens (tertiary/aromatic N) is 3. The molecule has 0 aliphatic carbocycles. The van der Waals surface area contributed by atoms with Gasteiger partial charge in [-0.15, -0.1) is 0 Å². The number of carbonyl (C=O) groups excluding carboxylic acids is 1. The second-order valence-electron chi connectivity index (χ2n) is 8.29. The monoisotopic (exact) mass is 369 g/mol. The van der Waals surface area contributed by atoms with Crippen LogP contribution in [-0.4, -0.2) is 46.8 Å². The molecule has 27 heavy (non-hydrogen) atoms. The van der Waals surface area contributed by atoms with Gasteiger partial charge in [0.2, 0.25) is 5.91 Å². The summed E-state index contributed by atoms with van der Waals surface area (Å²) in [5, 5.41) is 7.36. The van der Waals surface area contributed by atoms with Crippen LogP contribution >= 0.6 is 0 Å². The molecule has 1 aromatic heterocycles. The minimum absolute atomic E-state index is 0.00632. The Kier molecular flexibility index (Phi) is 5.97. The molecule has 0 radical (unpaired) electrons. The summed E-state index contributed by atoms with van der Waals surface area (Å²) in [7, 11) is 0. The van der Waals surface area contributed by atoms with Crippen molar-refractivity contribution in [1.29, 1.82) is 0 Å². The van der Waals surface area contributed by atoms with Gasteiger partial charge < -0.3 is 11.1 Å². The molecule has 0 bridgehead atoms. The van der Waals surface area contributed by atoms with E-state index in [4.69, 9.17) is 5.73 Å². The summed E-state index contributed by atoms with van der Waals surface area (Å²) in [6.07, 6.45) is 2.76. The van der Waals surface area contributed by atoms with E-state index in [0.29, 0.717) is 25.6 Å². The van der Waals surface area contributed by atoms with Crippen LogP contribution in [0, 0.1) is 5.41 Å². The van der Waals surface area contributed by atoms with Crippen LogP contribution in [-0.2, 0) is 11.3 Å². The number of hydrogen-bond donors (Lipinski definition) is 2. The lowest BCUT2D eigenvalue weighted by atomic mass is 9.90. The normalized spacial score (nSPS) is 20.3. The fourth-order valence-corrected chi connectivity index (χ4v) is 3.56. The Morgan fingerprint density at radius 3 is 2.67 bits per heavy atom. The summed E-state index contributed by atoms with van der Waals surface area (Å²) < 4.78 is 1.83. The van der Waals surface area contributed by atoms with E-state index in [2.05, 4.69) is 60.4 Å². The Bertz CT molecular complexity index is 767. The molecule has 3 rings (SSSR count). The predicted octanol–water partition coefficient (Wildman–Crippen LogP) is 2.66. The molecule has 1 aliphatic heterocycles. The van der Waals surface area contributed by atoms with Crippen LogP contribution in [0.2, 0.25) is 0 Å². The van der Waals surface area contributed by atoms with Crippen LogP contribution in [0.15, 0.2) is 36.5 Å². The molecular weight excluding hydrogens is 338 g/mol. The smallest absolute Gasteiger partial charge is 0.239 e. The first-order valence-electron chi connectivity index (χ1n) is 9.71. The standard InChI is InChI=1S/C21H31N5O/c1-16(2)18-6-4-17(5-7-18)12-26-19(8-10-23-26)24-20(27)13-25-11-9-21(3,14-22)15-25/h4-8,10,16H,9,11-15,22H2,1-3H3,(H,24,27). The molecule has 1 aliphatic rings. The van der Waals surface area contributed by atoms with Gasteiger partial charge in [-0.05, 0) is 42.0 Å². The lowest BCUT2D eigenvalue weighted by molar-refractivity contribution is -0.117. The van der Waals surface area contributed by atoms with Crippen LogP contribution in [0.4, 0.5) is 5.82 Å². The predicted molar refractivity (Wildman–Crippen MR) is 109 cm³/mol. The summed E-state index contributed by atoms with van der Waals surface area (Å²) >= 11 is 0. The highest BCUT2D eigenvalue weighted by molar-refractivity contribution is 5.91. The fourth-order valence-electron chi connectivity index (χ4n) is 3.56. The van der Waals surface area contributed by atoms with Gasteiger partial charge in [-0.2, -0.15) is 5.10 Å². The summed E-state index contributed by atoms with van der Waals surface area (Å²) in [4.78, 5) is 14.6. The highest BCUT2D eigenvalue weighted by Gasteiger charge is 2.33. The van der Waals surface area contributed by atoms with Crippen LogP contribution < -0.4 is 11.1 Å². The summed E-state index contributed by atoms with van der Waals surface area (Å²) in [6.45, 7) is 10.0. The van der Waals surface area contributed by atoms with Crippen molar-refractivity contribution in [2.45, 2.75) is 39.7 Å². The van der Waals surface area contributed by atoms with E-state index in [1.54, 1.807) is 6.20 Å². The molecule has 1 fully saturated rings. The third kappa shape index (κ3) is 4.96. The maximum atomic E-state index is 12.5. The SMILES string of the molecule is CC(C)c1ccc(Cn2nccc2NC(=O)CN2CCC(C)(CN)C2)cc1. The van der Waals surface area contributed by atoms with Crippen molar-refractivity contribution in [3.8, 4) is 0 Å². The van der Waals surface area contributed by atoms with Crippen LogP contribution in [0.5, 0.6) is 0 Å². The number of likely N-dealkylation sites (tertiary alicyclic amines) is 1. The lowest BCUT2D eigenvalue weighted by Crippen LogP contribution is -2.35. The van der Waals surface area contributed by atoms with E-state index in [9.17, 15) is 4.79 Å². The Morgan fingerprint density at radius 1 is 1.30 bits per heavy atom. The number of amides is 1. The molecule has 1 atom stereocenters. The molecule has 3 N–H and O–H groups in total. The Labute approximate surface area is 161 Å². The van der Waals surface area contributed by atoms with Crippen molar-refractivity contribution in [2.24, 2.45) is 11.1 Å². The first-order chi connectivity index (χ1) is 12.9. The Morgan fingerprint density at radius 2 is 2.04 bits per heavy atom. The van der Waals surface area contributed by atoms with Gasteiger partial charge in [0.05, 0.1) is 19.3 Å². The topological polar surface area (TPSA) is 76.2 Å². The molecule has 1 unspecified atom stereocenters. The molecule has 1 saturated heterocycles. The van der Waals surface area contributed by atoms with Crippen LogP contribution in [0.1, 0.15) is 44.2 Å². The summed E-state index contributed by atoms with van der Waals surface area (Å²) in [5.41, 5.74) is 8.47. The average Bonchev–Trinajstić information content (AvgIpc) is 3.22. The van der Waals surface area contributed by atoms with Crippen molar-refractivity contribution in [3.63, 3.8) is 0 Å². The van der Waals surface area contributed by atoms with Crippen molar-refractivity contribution < 1.29 is 4.79 Å². The molecule has 2 aromatic rings. The zero-order chi connectivity index (χ0) is 19.4. The molecule has 146 valence electrons. The first kappa shape index (κ1) is 19.6. The molecule has 1 amide bonds. The van der Waals surface area contributed by atoms with Crippen molar-refractivity contribution in [1.82, 2.24) is 14.7 Å². The van der Waals surface area contributed by atoms with Gasteiger partial charge in [-0.1, -0.05) is 45.0 Å². The Balaban J connectivity index is 1.57. The number of rotatable bonds is 7. The van der Waals surface area contributed by atoms with Gasteiger partial charge in [-0.25, -0.2) is 4.68 Å². The number of hydrogen-bond acceptors (Lipinski definition) is 4. The average molecular weight is 370 g/mol. The van der Waals surface area contributed by atoms with Gasteiger partial charge in [-0.3, -0.25) is 9.69 Å². The van der Waals surface area contributed by atoms with Gasteiger partial charge in [0.25, 0.3) is 0 Å². The lowest BCUT2D eigenvalue weighted by Gasteiger charge is -2.22. The minimum atomic E-state index is -0.00632. The fraction of sp³-hybridized carbons (Fsp3) is 0.524. The van der Waals surface area contributed by atoms with E-state index >= 15 is 0 Å². The number of anilines is 1. The molecule has 1 aromatic carbocycles. The zero-order valence-corrected chi connectivity index (χ0v) is 16.6. The molecular formula is C21H31N5O. The molecule has 0 saturated carbocycles.